The maximum Gasteiger partial charge on any atom is 0.469 e. The van der Waals surface area contributed by atoms with Gasteiger partial charge in [0, 0.05) is 23.4 Å². The third-order valence-electron chi connectivity index (χ3n) is 4.28. The summed E-state index contributed by atoms with van der Waals surface area (Å²) in [6.07, 6.45) is 1.75. The van der Waals surface area contributed by atoms with Crippen LogP contribution in [0.5, 0.6) is 5.75 Å². The van der Waals surface area contributed by atoms with E-state index in [4.69, 9.17) is 31.9 Å². The summed E-state index contributed by atoms with van der Waals surface area (Å²) in [5, 5.41) is 13.6. The van der Waals surface area contributed by atoms with Crippen LogP contribution in [0.2, 0.25) is 5.02 Å². The summed E-state index contributed by atoms with van der Waals surface area (Å²) in [4.78, 5) is 21.9. The normalized spacial score (nSPS) is 12.7. The number of nitrogens with zero attached hydrogens (tertiary/aromatic N) is 3. The fraction of sp³-hybridized carbons (Fsp3) is 0.350. The molecule has 0 aliphatic rings. The summed E-state index contributed by atoms with van der Waals surface area (Å²) in [5.41, 5.74) is 8.14. The van der Waals surface area contributed by atoms with E-state index in [1.807, 2.05) is 39.0 Å². The Balaban J connectivity index is 1.70. The smallest absolute Gasteiger partial charge is 0.469 e. The molecule has 5 N–H and O–H groups in total. The van der Waals surface area contributed by atoms with E-state index in [1.165, 1.54) is 11.3 Å². The molecule has 1 unspecified atom stereocenters. The van der Waals surface area contributed by atoms with Crippen LogP contribution < -0.4 is 15.8 Å². The number of nitrogens with one attached hydrogen (secondary N) is 1. The highest BCUT2D eigenvalue weighted by molar-refractivity contribution is 7.46. The van der Waals surface area contributed by atoms with E-state index in [1.54, 1.807) is 12.3 Å². The van der Waals surface area contributed by atoms with Crippen LogP contribution in [0.15, 0.2) is 30.5 Å². The molecule has 0 radical (unpaired) electrons. The van der Waals surface area contributed by atoms with Gasteiger partial charge in [-0.3, -0.25) is 4.52 Å². The lowest BCUT2D eigenvalue weighted by molar-refractivity contribution is 0.165. The Morgan fingerprint density at radius 2 is 1.94 bits per heavy atom. The van der Waals surface area contributed by atoms with Crippen molar-refractivity contribution in [3.8, 4) is 26.9 Å². The number of pyridine rings is 1. The second-order valence-corrected chi connectivity index (χ2v) is 10.2. The minimum absolute atomic E-state index is 0.00582. The van der Waals surface area contributed by atoms with Crippen LogP contribution in [0.4, 0.5) is 5.82 Å². The summed E-state index contributed by atoms with van der Waals surface area (Å²) >= 11 is 7.87. The van der Waals surface area contributed by atoms with Crippen molar-refractivity contribution in [2.75, 3.05) is 18.5 Å². The lowest BCUT2D eigenvalue weighted by Gasteiger charge is -2.16. The van der Waals surface area contributed by atoms with Gasteiger partial charge in [0.1, 0.15) is 28.2 Å². The van der Waals surface area contributed by atoms with Gasteiger partial charge in [-0.1, -0.05) is 22.9 Å². The van der Waals surface area contributed by atoms with E-state index in [-0.39, 0.29) is 19.3 Å². The molecule has 10 nitrogen and oxygen atoms in total. The minimum atomic E-state index is -4.58. The number of aromatic nitrogens is 3. The standard InChI is InChI=1S/C20H25ClN5O5PS/c1-11(2)24-18-5-4-13(8-23-18)19-25-26-20(33-19)15-6-12(3)17(7-16(15)21)30-9-14(22)10-31-32(27,28)29/h4-8,11,14H,9-10,22H2,1-3H3,(H,23,24)(H2,27,28,29). The number of ether oxygens (including phenoxy) is 1. The molecule has 33 heavy (non-hydrogen) atoms. The second-order valence-electron chi connectivity index (χ2n) is 7.60. The first-order chi connectivity index (χ1) is 15.5. The van der Waals surface area contributed by atoms with Crippen molar-refractivity contribution in [2.45, 2.75) is 32.9 Å². The maximum absolute atomic E-state index is 10.8. The average Bonchev–Trinajstić information content (AvgIpc) is 3.22. The molecular formula is C20H25ClN5O5PS. The van der Waals surface area contributed by atoms with Gasteiger partial charge in [0.05, 0.1) is 17.7 Å². The van der Waals surface area contributed by atoms with E-state index in [9.17, 15) is 4.57 Å². The quantitative estimate of drug-likeness (QED) is 0.294. The van der Waals surface area contributed by atoms with Crippen LogP contribution >= 0.6 is 30.8 Å². The van der Waals surface area contributed by atoms with Gasteiger partial charge in [0.15, 0.2) is 0 Å². The number of phosphoric acid groups is 1. The first kappa shape index (κ1) is 25.5. The van der Waals surface area contributed by atoms with E-state index >= 15 is 0 Å². The number of rotatable bonds is 10. The van der Waals surface area contributed by atoms with Gasteiger partial charge < -0.3 is 25.6 Å². The summed E-state index contributed by atoms with van der Waals surface area (Å²) in [7, 11) is -4.58. The number of halogens is 1. The number of hydrogen-bond donors (Lipinski definition) is 4. The van der Waals surface area contributed by atoms with Gasteiger partial charge in [0.25, 0.3) is 0 Å². The largest absolute Gasteiger partial charge is 0.492 e. The Bertz CT molecular complexity index is 1140. The zero-order chi connectivity index (χ0) is 24.2. The molecule has 0 saturated heterocycles. The number of benzene rings is 1. The minimum Gasteiger partial charge on any atom is -0.492 e. The van der Waals surface area contributed by atoms with Crippen molar-refractivity contribution >= 4 is 36.6 Å². The number of nitrogens with two attached hydrogens (primary N) is 1. The highest BCUT2D eigenvalue weighted by Gasteiger charge is 2.18. The molecule has 2 aromatic heterocycles. The Hall–Kier alpha value is -2.11. The molecule has 0 spiro atoms. The van der Waals surface area contributed by atoms with E-state index in [0.29, 0.717) is 21.3 Å². The topological polar surface area (TPSA) is 153 Å². The SMILES string of the molecule is Cc1cc(-c2nnc(-c3ccc(NC(C)C)nc3)s2)c(Cl)cc1OCC(N)COP(=O)(O)O. The van der Waals surface area contributed by atoms with Crippen molar-refractivity contribution in [3.05, 3.63) is 41.0 Å². The van der Waals surface area contributed by atoms with Gasteiger partial charge in [-0.15, -0.1) is 10.2 Å². The molecule has 1 aromatic carbocycles. The molecule has 2 heterocycles. The fourth-order valence-electron chi connectivity index (χ4n) is 2.77. The summed E-state index contributed by atoms with van der Waals surface area (Å²) < 4.78 is 20.8. The molecule has 13 heteroatoms. The second kappa shape index (κ2) is 10.9. The van der Waals surface area contributed by atoms with Gasteiger partial charge >= 0.3 is 7.82 Å². The molecule has 0 saturated carbocycles. The molecule has 1 atom stereocenters. The molecule has 0 bridgehead atoms. The Labute approximate surface area is 200 Å². The van der Waals surface area contributed by atoms with Crippen molar-refractivity contribution in [2.24, 2.45) is 5.73 Å². The van der Waals surface area contributed by atoms with Gasteiger partial charge in [-0.25, -0.2) is 9.55 Å². The molecule has 3 rings (SSSR count). The highest BCUT2D eigenvalue weighted by Crippen LogP contribution is 2.38. The zero-order valence-corrected chi connectivity index (χ0v) is 20.7. The molecule has 178 valence electrons. The lowest BCUT2D eigenvalue weighted by Crippen LogP contribution is -2.32. The molecular weight excluding hydrogens is 489 g/mol. The van der Waals surface area contributed by atoms with Crippen LogP contribution in [0.1, 0.15) is 19.4 Å². The Morgan fingerprint density at radius 1 is 1.21 bits per heavy atom. The average molecular weight is 514 g/mol. The van der Waals surface area contributed by atoms with Gasteiger partial charge in [0.2, 0.25) is 0 Å². The summed E-state index contributed by atoms with van der Waals surface area (Å²) in [6, 6.07) is 6.89. The number of hydrogen-bond acceptors (Lipinski definition) is 9. The predicted molar refractivity (Wildman–Crippen MR) is 129 cm³/mol. The monoisotopic (exact) mass is 513 g/mol. The molecule has 0 amide bonds. The van der Waals surface area contributed by atoms with Crippen molar-refractivity contribution in [1.82, 2.24) is 15.2 Å². The Morgan fingerprint density at radius 3 is 2.58 bits per heavy atom. The third-order valence-corrected chi connectivity index (χ3v) is 6.08. The van der Waals surface area contributed by atoms with Crippen LogP contribution in [0, 0.1) is 6.92 Å². The fourth-order valence-corrected chi connectivity index (χ4v) is 4.32. The Kier molecular flexibility index (Phi) is 8.41. The van der Waals surface area contributed by atoms with Crippen molar-refractivity contribution < 1.29 is 23.6 Å². The van der Waals surface area contributed by atoms with Crippen molar-refractivity contribution in [3.63, 3.8) is 0 Å². The lowest BCUT2D eigenvalue weighted by atomic mass is 10.1. The van der Waals surface area contributed by atoms with Crippen LogP contribution in [0.3, 0.4) is 0 Å². The molecule has 0 aliphatic carbocycles. The number of aryl methyl sites for hydroxylation is 1. The maximum atomic E-state index is 10.8. The number of phosphoric ester groups is 1. The predicted octanol–water partition coefficient (Wildman–Crippen LogP) is 3.86. The van der Waals surface area contributed by atoms with Crippen LogP contribution in [-0.2, 0) is 9.09 Å². The summed E-state index contributed by atoms with van der Waals surface area (Å²) in [5.74, 6) is 1.29. The molecule has 3 aromatic rings. The van der Waals surface area contributed by atoms with Gasteiger partial charge in [-0.05, 0) is 50.6 Å². The zero-order valence-electron chi connectivity index (χ0n) is 18.2. The highest BCUT2D eigenvalue weighted by atomic mass is 35.5. The number of anilines is 1. The van der Waals surface area contributed by atoms with Gasteiger partial charge in [-0.2, -0.15) is 0 Å². The van der Waals surface area contributed by atoms with Crippen molar-refractivity contribution in [1.29, 1.82) is 0 Å². The van der Waals surface area contributed by atoms with E-state index in [2.05, 4.69) is 25.0 Å². The van der Waals surface area contributed by atoms with E-state index < -0.39 is 13.9 Å². The van der Waals surface area contributed by atoms with Crippen LogP contribution in [-0.4, -0.2) is 50.3 Å². The van der Waals surface area contributed by atoms with Crippen LogP contribution in [0.25, 0.3) is 21.1 Å². The first-order valence-corrected chi connectivity index (χ1v) is 12.7. The first-order valence-electron chi connectivity index (χ1n) is 9.97. The van der Waals surface area contributed by atoms with E-state index in [0.717, 1.165) is 22.0 Å². The molecule has 0 aliphatic heterocycles. The summed E-state index contributed by atoms with van der Waals surface area (Å²) in [6.45, 7) is 5.59. The third kappa shape index (κ3) is 7.44. The molecule has 0 fully saturated rings.